The number of benzene rings is 1. The van der Waals surface area contributed by atoms with Crippen LogP contribution in [0.25, 0.3) is 0 Å². The van der Waals surface area contributed by atoms with Crippen LogP contribution in [0.2, 0.25) is 0 Å². The zero-order chi connectivity index (χ0) is 10.6. The van der Waals surface area contributed by atoms with Gasteiger partial charge in [-0.2, -0.15) is 0 Å². The van der Waals surface area contributed by atoms with Gasteiger partial charge in [-0.15, -0.1) is 0 Å². The molecule has 0 saturated carbocycles. The third kappa shape index (κ3) is 3.18. The predicted octanol–water partition coefficient (Wildman–Crippen LogP) is 1.24. The van der Waals surface area contributed by atoms with Crippen molar-refractivity contribution in [1.29, 1.82) is 0 Å². The van der Waals surface area contributed by atoms with Gasteiger partial charge in [0.25, 0.3) is 0 Å². The standard InChI is InChI=1S/C11H15NO2/c1-8(13)11(12)7-4-9-2-5-10(14)6-3-9/h2-3,5-6,11,14H,4,7,12H2,1H3/t11-/m0/s1. The molecule has 0 bridgehead atoms. The lowest BCUT2D eigenvalue weighted by Gasteiger charge is -2.07. The topological polar surface area (TPSA) is 63.3 Å². The highest BCUT2D eigenvalue weighted by atomic mass is 16.3. The average Bonchev–Trinajstić information content (AvgIpc) is 2.16. The monoisotopic (exact) mass is 193 g/mol. The fourth-order valence-corrected chi connectivity index (χ4v) is 1.19. The Morgan fingerprint density at radius 3 is 2.50 bits per heavy atom. The summed E-state index contributed by atoms with van der Waals surface area (Å²) in [6.07, 6.45) is 1.42. The van der Waals surface area contributed by atoms with Crippen molar-refractivity contribution in [1.82, 2.24) is 0 Å². The van der Waals surface area contributed by atoms with Crippen molar-refractivity contribution in [2.45, 2.75) is 25.8 Å². The lowest BCUT2D eigenvalue weighted by atomic mass is 10.0. The molecule has 1 aromatic rings. The number of phenolic OH excluding ortho intramolecular Hbond substituents is 1. The van der Waals surface area contributed by atoms with E-state index in [9.17, 15) is 4.79 Å². The molecule has 0 aliphatic rings. The first-order valence-corrected chi connectivity index (χ1v) is 4.63. The maximum absolute atomic E-state index is 10.9. The Bertz CT molecular complexity index is 306. The van der Waals surface area contributed by atoms with Crippen LogP contribution in [0, 0.1) is 0 Å². The number of aromatic hydroxyl groups is 1. The normalized spacial score (nSPS) is 12.4. The molecule has 1 aromatic carbocycles. The summed E-state index contributed by atoms with van der Waals surface area (Å²) in [4.78, 5) is 10.9. The Hall–Kier alpha value is -1.35. The van der Waals surface area contributed by atoms with Gasteiger partial charge < -0.3 is 10.8 Å². The highest BCUT2D eigenvalue weighted by Gasteiger charge is 2.07. The highest BCUT2D eigenvalue weighted by Crippen LogP contribution is 2.11. The second-order valence-corrected chi connectivity index (χ2v) is 3.42. The Kier molecular flexibility index (Phi) is 3.65. The summed E-state index contributed by atoms with van der Waals surface area (Å²) >= 11 is 0. The Morgan fingerprint density at radius 1 is 1.43 bits per heavy atom. The van der Waals surface area contributed by atoms with Gasteiger partial charge in [-0.25, -0.2) is 0 Å². The van der Waals surface area contributed by atoms with Crippen LogP contribution in [0.5, 0.6) is 5.75 Å². The summed E-state index contributed by atoms with van der Waals surface area (Å²) in [7, 11) is 0. The van der Waals surface area contributed by atoms with Crippen molar-refractivity contribution in [2.75, 3.05) is 0 Å². The zero-order valence-corrected chi connectivity index (χ0v) is 8.23. The van der Waals surface area contributed by atoms with E-state index in [1.165, 1.54) is 6.92 Å². The van der Waals surface area contributed by atoms with Gasteiger partial charge >= 0.3 is 0 Å². The van der Waals surface area contributed by atoms with Gasteiger partial charge in [0.15, 0.2) is 0 Å². The van der Waals surface area contributed by atoms with Crippen LogP contribution < -0.4 is 5.73 Å². The summed E-state index contributed by atoms with van der Waals surface area (Å²) in [6, 6.07) is 6.57. The second kappa shape index (κ2) is 4.77. The van der Waals surface area contributed by atoms with Crippen LogP contribution in [0.1, 0.15) is 18.9 Å². The van der Waals surface area contributed by atoms with E-state index in [-0.39, 0.29) is 17.6 Å². The SMILES string of the molecule is CC(=O)[C@@H](N)CCc1ccc(O)cc1. The molecule has 0 aliphatic heterocycles. The average molecular weight is 193 g/mol. The van der Waals surface area contributed by atoms with E-state index in [0.29, 0.717) is 6.42 Å². The Balaban J connectivity index is 2.46. The molecule has 0 aromatic heterocycles. The lowest BCUT2D eigenvalue weighted by Crippen LogP contribution is -2.28. The quantitative estimate of drug-likeness (QED) is 0.756. The summed E-state index contributed by atoms with van der Waals surface area (Å²) in [5.41, 5.74) is 6.68. The van der Waals surface area contributed by atoms with Gasteiger partial charge in [-0.05, 0) is 37.5 Å². The fraction of sp³-hybridized carbons (Fsp3) is 0.364. The predicted molar refractivity (Wildman–Crippen MR) is 55.1 cm³/mol. The summed E-state index contributed by atoms with van der Waals surface area (Å²) < 4.78 is 0. The van der Waals surface area contributed by atoms with Gasteiger partial charge in [0.2, 0.25) is 0 Å². The van der Waals surface area contributed by atoms with Gasteiger partial charge in [-0.3, -0.25) is 4.79 Å². The van der Waals surface area contributed by atoms with E-state index in [1.807, 2.05) is 12.1 Å². The van der Waals surface area contributed by atoms with Crippen LogP contribution in [-0.2, 0) is 11.2 Å². The van der Waals surface area contributed by atoms with E-state index in [4.69, 9.17) is 10.8 Å². The molecule has 3 nitrogen and oxygen atoms in total. The molecule has 0 aliphatic carbocycles. The van der Waals surface area contributed by atoms with Crippen molar-refractivity contribution >= 4 is 5.78 Å². The summed E-state index contributed by atoms with van der Waals surface area (Å²) in [6.45, 7) is 1.50. The van der Waals surface area contributed by atoms with Crippen LogP contribution >= 0.6 is 0 Å². The van der Waals surface area contributed by atoms with Crippen LogP contribution in [0.15, 0.2) is 24.3 Å². The molecule has 0 saturated heterocycles. The molecular weight excluding hydrogens is 178 g/mol. The number of carbonyl (C=O) groups excluding carboxylic acids is 1. The van der Waals surface area contributed by atoms with Crippen molar-refractivity contribution in [3.05, 3.63) is 29.8 Å². The smallest absolute Gasteiger partial charge is 0.146 e. The van der Waals surface area contributed by atoms with Gasteiger partial charge in [-0.1, -0.05) is 12.1 Å². The maximum atomic E-state index is 10.9. The number of hydrogen-bond acceptors (Lipinski definition) is 3. The molecule has 0 amide bonds. The first-order valence-electron chi connectivity index (χ1n) is 4.63. The van der Waals surface area contributed by atoms with E-state index in [0.717, 1.165) is 12.0 Å². The molecular formula is C11H15NO2. The number of aryl methyl sites for hydroxylation is 1. The van der Waals surface area contributed by atoms with Gasteiger partial charge in [0.1, 0.15) is 11.5 Å². The zero-order valence-electron chi connectivity index (χ0n) is 8.23. The lowest BCUT2D eigenvalue weighted by molar-refractivity contribution is -0.118. The Morgan fingerprint density at radius 2 is 2.00 bits per heavy atom. The largest absolute Gasteiger partial charge is 0.508 e. The molecule has 0 spiro atoms. The Labute approximate surface area is 83.6 Å². The number of rotatable bonds is 4. The summed E-state index contributed by atoms with van der Waals surface area (Å²) in [5, 5.41) is 9.04. The molecule has 3 heteroatoms. The first-order chi connectivity index (χ1) is 6.59. The van der Waals surface area contributed by atoms with Crippen molar-refractivity contribution in [3.63, 3.8) is 0 Å². The maximum Gasteiger partial charge on any atom is 0.146 e. The molecule has 0 fully saturated rings. The number of ketones is 1. The number of carbonyl (C=O) groups is 1. The van der Waals surface area contributed by atoms with Gasteiger partial charge in [0, 0.05) is 0 Å². The minimum Gasteiger partial charge on any atom is -0.508 e. The highest BCUT2D eigenvalue weighted by molar-refractivity contribution is 5.81. The molecule has 1 rings (SSSR count). The second-order valence-electron chi connectivity index (χ2n) is 3.42. The van der Waals surface area contributed by atoms with E-state index < -0.39 is 0 Å². The number of Topliss-reactive ketones (excluding diaryl/α,β-unsaturated/α-hetero) is 1. The van der Waals surface area contributed by atoms with E-state index >= 15 is 0 Å². The molecule has 76 valence electrons. The minimum atomic E-state index is -0.371. The molecule has 1 atom stereocenters. The molecule has 0 heterocycles. The number of nitrogens with two attached hydrogens (primary N) is 1. The van der Waals surface area contributed by atoms with Crippen molar-refractivity contribution in [3.8, 4) is 5.75 Å². The molecule has 3 N–H and O–H groups in total. The third-order valence-corrected chi connectivity index (χ3v) is 2.20. The summed E-state index contributed by atoms with van der Waals surface area (Å²) in [5.74, 6) is 0.272. The van der Waals surface area contributed by atoms with Crippen LogP contribution in [-0.4, -0.2) is 16.9 Å². The van der Waals surface area contributed by atoms with Crippen molar-refractivity contribution in [2.24, 2.45) is 5.73 Å². The number of hydrogen-bond donors (Lipinski definition) is 2. The van der Waals surface area contributed by atoms with E-state index in [1.54, 1.807) is 12.1 Å². The van der Waals surface area contributed by atoms with Crippen LogP contribution in [0.4, 0.5) is 0 Å². The molecule has 14 heavy (non-hydrogen) atoms. The van der Waals surface area contributed by atoms with Crippen LogP contribution in [0.3, 0.4) is 0 Å². The molecule has 0 radical (unpaired) electrons. The van der Waals surface area contributed by atoms with Crippen molar-refractivity contribution < 1.29 is 9.90 Å². The third-order valence-electron chi connectivity index (χ3n) is 2.20. The minimum absolute atomic E-state index is 0.0174. The number of phenols is 1. The van der Waals surface area contributed by atoms with E-state index in [2.05, 4.69) is 0 Å². The molecule has 0 unspecified atom stereocenters. The van der Waals surface area contributed by atoms with Gasteiger partial charge in [0.05, 0.1) is 6.04 Å². The fourth-order valence-electron chi connectivity index (χ4n) is 1.19. The first kappa shape index (κ1) is 10.7.